The zero-order valence-corrected chi connectivity index (χ0v) is 14.8. The van der Waals surface area contributed by atoms with Gasteiger partial charge >= 0.3 is 0 Å². The maximum Gasteiger partial charge on any atom is 0.264 e. The highest BCUT2D eigenvalue weighted by Crippen LogP contribution is 2.20. The van der Waals surface area contributed by atoms with Crippen molar-refractivity contribution in [2.45, 2.75) is 40.7 Å². The average Bonchev–Trinajstić information content (AvgIpc) is 2.76. The van der Waals surface area contributed by atoms with E-state index in [9.17, 15) is 10.1 Å². The lowest BCUT2D eigenvalue weighted by Crippen LogP contribution is -2.30. The van der Waals surface area contributed by atoms with E-state index < -0.39 is 0 Å². The Hall–Kier alpha value is -2.06. The second-order valence-electron chi connectivity index (χ2n) is 6.28. The molecule has 23 heavy (non-hydrogen) atoms. The molecular weight excluding hydrogens is 290 g/mol. The third-order valence-corrected chi connectivity index (χ3v) is 3.98. The van der Waals surface area contributed by atoms with E-state index in [1.165, 1.54) is 4.90 Å². The third kappa shape index (κ3) is 4.97. The predicted octanol–water partition coefficient (Wildman–Crippen LogP) is 2.51. The minimum Gasteiger partial charge on any atom is -0.395 e. The first kappa shape index (κ1) is 19.0. The fourth-order valence-electron chi connectivity index (χ4n) is 2.46. The maximum absolute atomic E-state index is 12.2. The molecule has 5 nitrogen and oxygen atoms in total. The number of aromatic nitrogens is 1. The van der Waals surface area contributed by atoms with Crippen molar-refractivity contribution in [2.75, 3.05) is 20.2 Å². The largest absolute Gasteiger partial charge is 0.395 e. The molecule has 1 rings (SSSR count). The van der Waals surface area contributed by atoms with Crippen molar-refractivity contribution in [3.8, 4) is 6.07 Å². The molecule has 1 aromatic heterocycles. The van der Waals surface area contributed by atoms with E-state index >= 15 is 0 Å². The number of amides is 1. The van der Waals surface area contributed by atoms with Crippen LogP contribution in [0.2, 0.25) is 0 Å². The minimum absolute atomic E-state index is 0.0880. The lowest BCUT2D eigenvalue weighted by molar-refractivity contribution is -0.125. The Morgan fingerprint density at radius 2 is 2.13 bits per heavy atom. The first-order chi connectivity index (χ1) is 10.8. The molecule has 0 radical (unpaired) electrons. The highest BCUT2D eigenvalue weighted by Gasteiger charge is 2.16. The van der Waals surface area contributed by atoms with Gasteiger partial charge in [-0.3, -0.25) is 4.79 Å². The number of nitriles is 1. The van der Waals surface area contributed by atoms with E-state index in [0.29, 0.717) is 5.92 Å². The van der Waals surface area contributed by atoms with Crippen molar-refractivity contribution in [3.05, 3.63) is 28.6 Å². The van der Waals surface area contributed by atoms with Crippen LogP contribution in [0.25, 0.3) is 6.08 Å². The molecule has 5 heteroatoms. The van der Waals surface area contributed by atoms with E-state index in [0.717, 1.165) is 29.9 Å². The summed E-state index contributed by atoms with van der Waals surface area (Å²) in [4.78, 5) is 13.6. The number of hydrogen-bond donors (Lipinski definition) is 1. The van der Waals surface area contributed by atoms with Crippen molar-refractivity contribution in [3.63, 3.8) is 0 Å². The smallest absolute Gasteiger partial charge is 0.264 e. The predicted molar refractivity (Wildman–Crippen MR) is 91.7 cm³/mol. The number of hydrogen-bond acceptors (Lipinski definition) is 3. The lowest BCUT2D eigenvalue weighted by atomic mass is 10.1. The van der Waals surface area contributed by atoms with Crippen LogP contribution < -0.4 is 0 Å². The van der Waals surface area contributed by atoms with Gasteiger partial charge in [0.25, 0.3) is 5.91 Å². The van der Waals surface area contributed by atoms with Crippen LogP contribution in [0, 0.1) is 31.1 Å². The zero-order chi connectivity index (χ0) is 17.6. The first-order valence-corrected chi connectivity index (χ1v) is 7.96. The Labute approximate surface area is 138 Å². The molecule has 126 valence electrons. The Bertz CT molecular complexity index is 621. The molecule has 0 aliphatic carbocycles. The quantitative estimate of drug-likeness (QED) is 0.620. The summed E-state index contributed by atoms with van der Waals surface area (Å²) >= 11 is 0. The van der Waals surface area contributed by atoms with E-state index in [2.05, 4.69) is 18.4 Å². The molecule has 0 saturated carbocycles. The summed E-state index contributed by atoms with van der Waals surface area (Å²) in [6.07, 6.45) is 2.73. The monoisotopic (exact) mass is 317 g/mol. The van der Waals surface area contributed by atoms with Crippen molar-refractivity contribution in [1.82, 2.24) is 9.47 Å². The summed E-state index contributed by atoms with van der Waals surface area (Å²) in [6.45, 7) is 9.46. The molecule has 0 unspecified atom stereocenters. The van der Waals surface area contributed by atoms with E-state index in [4.69, 9.17) is 5.11 Å². The average molecular weight is 317 g/mol. The summed E-state index contributed by atoms with van der Waals surface area (Å²) < 4.78 is 2.22. The van der Waals surface area contributed by atoms with Gasteiger partial charge in [0.2, 0.25) is 0 Å². The first-order valence-electron chi connectivity index (χ1n) is 7.96. The van der Waals surface area contributed by atoms with E-state index in [1.807, 2.05) is 26.0 Å². The second kappa shape index (κ2) is 8.54. The normalized spacial score (nSPS) is 11.7. The van der Waals surface area contributed by atoms with Gasteiger partial charge in [-0.2, -0.15) is 5.26 Å². The zero-order valence-electron chi connectivity index (χ0n) is 14.8. The van der Waals surface area contributed by atoms with Crippen LogP contribution in [0.1, 0.15) is 37.2 Å². The molecule has 1 heterocycles. The SMILES string of the molecule is Cc1cc(/C=C(/C#N)C(=O)N(C)CCO)c(C)n1CCC(C)C. The molecule has 0 atom stereocenters. The number of aliphatic hydroxyl groups is 1. The molecule has 0 saturated heterocycles. The number of aliphatic hydroxyl groups excluding tert-OH is 1. The number of nitrogens with zero attached hydrogens (tertiary/aromatic N) is 3. The topological polar surface area (TPSA) is 69.3 Å². The minimum atomic E-state index is -0.367. The lowest BCUT2D eigenvalue weighted by Gasteiger charge is -2.14. The molecule has 1 N–H and O–H groups in total. The third-order valence-electron chi connectivity index (χ3n) is 3.98. The Morgan fingerprint density at radius 3 is 2.65 bits per heavy atom. The van der Waals surface area contributed by atoms with Gasteiger partial charge in [0.15, 0.2) is 0 Å². The number of rotatable bonds is 7. The summed E-state index contributed by atoms with van der Waals surface area (Å²) in [7, 11) is 1.58. The van der Waals surface area contributed by atoms with Crippen LogP contribution in [0.4, 0.5) is 0 Å². The fourth-order valence-corrected chi connectivity index (χ4v) is 2.46. The van der Waals surface area contributed by atoms with Gasteiger partial charge < -0.3 is 14.6 Å². The summed E-state index contributed by atoms with van der Waals surface area (Å²) in [5.74, 6) is 0.257. The van der Waals surface area contributed by atoms with Gasteiger partial charge in [0.1, 0.15) is 11.6 Å². The van der Waals surface area contributed by atoms with Gasteiger partial charge in [0, 0.05) is 31.5 Å². The Balaban J connectivity index is 3.08. The number of aryl methyl sites for hydroxylation is 1. The van der Waals surface area contributed by atoms with Gasteiger partial charge in [-0.25, -0.2) is 0 Å². The molecule has 1 amide bonds. The van der Waals surface area contributed by atoms with Crippen molar-refractivity contribution >= 4 is 12.0 Å². The molecule has 1 aromatic rings. The molecule has 0 fully saturated rings. The van der Waals surface area contributed by atoms with Crippen LogP contribution in [-0.4, -0.2) is 40.7 Å². The van der Waals surface area contributed by atoms with Crippen LogP contribution in [0.15, 0.2) is 11.6 Å². The van der Waals surface area contributed by atoms with Crippen molar-refractivity contribution < 1.29 is 9.90 Å². The Kier molecular flexibility index (Phi) is 7.05. The van der Waals surface area contributed by atoms with Crippen LogP contribution in [0.5, 0.6) is 0 Å². The van der Waals surface area contributed by atoms with Crippen LogP contribution >= 0.6 is 0 Å². The number of likely N-dealkylation sites (N-methyl/N-ethyl adjacent to an activating group) is 1. The van der Waals surface area contributed by atoms with Crippen molar-refractivity contribution in [1.29, 1.82) is 5.26 Å². The summed E-state index contributed by atoms with van der Waals surface area (Å²) in [5, 5.41) is 18.2. The second-order valence-corrected chi connectivity index (χ2v) is 6.28. The van der Waals surface area contributed by atoms with Gasteiger partial charge in [-0.1, -0.05) is 13.8 Å². The molecular formula is C18H27N3O2. The van der Waals surface area contributed by atoms with Gasteiger partial charge in [-0.15, -0.1) is 0 Å². The molecule has 0 bridgehead atoms. The Morgan fingerprint density at radius 1 is 1.48 bits per heavy atom. The highest BCUT2D eigenvalue weighted by atomic mass is 16.3. The van der Waals surface area contributed by atoms with Crippen LogP contribution in [-0.2, 0) is 11.3 Å². The fraction of sp³-hybridized carbons (Fsp3) is 0.556. The number of carbonyl (C=O) groups is 1. The molecule has 0 aliphatic rings. The molecule has 0 aromatic carbocycles. The number of carbonyl (C=O) groups excluding carboxylic acids is 1. The maximum atomic E-state index is 12.2. The molecule has 0 aliphatic heterocycles. The van der Waals surface area contributed by atoms with Crippen molar-refractivity contribution in [2.24, 2.45) is 5.92 Å². The summed E-state index contributed by atoms with van der Waals surface area (Å²) in [6, 6.07) is 3.98. The van der Waals surface area contributed by atoms with Crippen LogP contribution in [0.3, 0.4) is 0 Å². The van der Waals surface area contributed by atoms with E-state index in [1.54, 1.807) is 13.1 Å². The molecule has 0 spiro atoms. The van der Waals surface area contributed by atoms with E-state index in [-0.39, 0.29) is 24.6 Å². The summed E-state index contributed by atoms with van der Waals surface area (Å²) in [5.41, 5.74) is 3.18. The standard InChI is InChI=1S/C18H27N3O2/c1-13(2)6-7-21-14(3)10-16(15(21)4)11-17(12-19)18(23)20(5)8-9-22/h10-11,13,22H,6-9H2,1-5H3/b17-11-. The highest BCUT2D eigenvalue weighted by molar-refractivity contribution is 6.01. The van der Waals surface area contributed by atoms with Gasteiger partial charge in [-0.05, 0) is 43.9 Å². The van der Waals surface area contributed by atoms with Gasteiger partial charge in [0.05, 0.1) is 6.61 Å².